The van der Waals surface area contributed by atoms with Crippen molar-refractivity contribution in [1.82, 2.24) is 48.0 Å². The van der Waals surface area contributed by atoms with Gasteiger partial charge in [0.2, 0.25) is 5.78 Å². The number of H-pyrrole nitrogens is 3. The van der Waals surface area contributed by atoms with Gasteiger partial charge in [-0.25, -0.2) is 14.4 Å². The first kappa shape index (κ1) is 104. The van der Waals surface area contributed by atoms with Gasteiger partial charge in [0.1, 0.15) is 78.2 Å². The third-order valence-electron chi connectivity index (χ3n) is 20.3. The van der Waals surface area contributed by atoms with Gasteiger partial charge >= 0.3 is 23.0 Å². The molecule has 0 bridgehead atoms. The number of ether oxygens (including phenoxy) is 8. The number of carbonyl (C=O) groups is 5. The van der Waals surface area contributed by atoms with Crippen LogP contribution in [0.4, 0.5) is 0 Å². The van der Waals surface area contributed by atoms with Crippen molar-refractivity contribution in [3.05, 3.63) is 150 Å². The van der Waals surface area contributed by atoms with Gasteiger partial charge in [0.15, 0.2) is 48.3 Å². The van der Waals surface area contributed by atoms with Gasteiger partial charge in [-0.15, -0.1) is 65.9 Å². The summed E-state index contributed by atoms with van der Waals surface area (Å²) in [4.78, 5) is 149. The molecule has 0 saturated carbocycles. The van der Waals surface area contributed by atoms with Crippen molar-refractivity contribution in [2.75, 3.05) is 118 Å². The molecule has 684 valence electrons. The summed E-state index contributed by atoms with van der Waals surface area (Å²) in [7, 11) is 4.40. The maximum atomic E-state index is 12.3. The van der Waals surface area contributed by atoms with Gasteiger partial charge < -0.3 is 89.0 Å². The average molecular weight is 1840 g/mol. The molecule has 1 amide bonds. The van der Waals surface area contributed by atoms with E-state index in [1.54, 1.807) is 28.8 Å². The minimum absolute atomic E-state index is 0.227. The van der Waals surface area contributed by atoms with E-state index in [4.69, 9.17) is 45.4 Å². The number of carbonyl (C=O) groups excluding carboxylic acids is 5. The van der Waals surface area contributed by atoms with Gasteiger partial charge in [0.05, 0.1) is 42.5 Å². The summed E-state index contributed by atoms with van der Waals surface area (Å²) in [5.74, 6) is -2.59. The molecule has 0 radical (unpaired) electrons. The molecule has 5 fully saturated rings. The molecule has 4 aromatic heterocycles. The molecular formula is C78H123N10O28P5S. The van der Waals surface area contributed by atoms with E-state index in [2.05, 4.69) is 93.1 Å². The first-order valence-corrected chi connectivity index (χ1v) is 54.6. The summed E-state index contributed by atoms with van der Waals surface area (Å²) in [6.45, 7) is 21.6. The van der Waals surface area contributed by atoms with E-state index < -0.39 is 221 Å². The van der Waals surface area contributed by atoms with E-state index in [1.165, 1.54) is 51.1 Å². The number of methoxy groups -OCH3 is 2. The maximum Gasteiger partial charge on any atom is 0.332 e. The fourth-order valence-corrected chi connectivity index (χ4v) is 18.5. The molecule has 12 N–H and O–H groups in total. The van der Waals surface area contributed by atoms with Crippen molar-refractivity contribution in [3.8, 4) is 0 Å². The summed E-state index contributed by atoms with van der Waals surface area (Å²) >= 11 is 5.16. The predicted molar refractivity (Wildman–Crippen MR) is 479 cm³/mol. The zero-order valence-electron chi connectivity index (χ0n) is 71.9. The van der Waals surface area contributed by atoms with Crippen molar-refractivity contribution >= 4 is 107 Å². The molecule has 20 atom stereocenters. The SMILES string of the molecule is C=C1NC(=O)C(C)=CN1C1O[C@H](CCP(=C)(C)C)[C@@H](O)[C@H]1O.C=P(C)(C)CC[C@H]1OC(n2cc(C(=O)CC(C)=O)c(=O)[nH]c2=O)[C@H](O)[C@@H]1O.C=P(C)(C)CC[C@H]1OC(n2cc(C(=O)COC(C)=O)c(=O)[nH]c2=O)[C@H](O)[C@@H]1O.C=P(C)(C)CC[C@H]1OC(n2ccc(=O)[nH]c2=S)[C@H](OC)[C@@H]1O.C=P(C)(C)CC[C@H]1OC(n2ccc(=O)n(C)c2=O)[C@H](OC)[C@@H]1O. The Kier molecular flexibility index (Phi) is 37.2. The van der Waals surface area contributed by atoms with Crippen LogP contribution in [0, 0.1) is 4.77 Å². The highest BCUT2D eigenvalue weighted by atomic mass is 32.1. The molecule has 44 heteroatoms. The lowest BCUT2D eigenvalue weighted by Gasteiger charge is -2.34. The number of hydrogen-bond acceptors (Lipinski definition) is 30. The lowest BCUT2D eigenvalue weighted by Crippen LogP contribution is -2.47. The van der Waals surface area contributed by atoms with Crippen molar-refractivity contribution in [2.24, 2.45) is 7.05 Å². The highest BCUT2D eigenvalue weighted by Gasteiger charge is 2.50. The van der Waals surface area contributed by atoms with Crippen LogP contribution in [-0.4, -0.2) is 360 Å². The zero-order valence-corrected chi connectivity index (χ0v) is 77.2. The second kappa shape index (κ2) is 43.6. The van der Waals surface area contributed by atoms with E-state index in [0.29, 0.717) is 43.2 Å². The van der Waals surface area contributed by atoms with Crippen molar-refractivity contribution < 1.29 is 103 Å². The van der Waals surface area contributed by atoms with E-state index in [1.807, 2.05) is 36.6 Å². The highest BCUT2D eigenvalue weighted by molar-refractivity contribution is 7.73. The number of Topliss-reactive ketones (excluding diaryl/α,β-unsaturated/α-hetero) is 3. The van der Waals surface area contributed by atoms with Gasteiger partial charge in [0, 0.05) is 76.9 Å². The van der Waals surface area contributed by atoms with Gasteiger partial charge in [0.25, 0.3) is 28.1 Å². The molecule has 5 unspecified atom stereocenters. The fraction of sp³-hybridized carbons (Fsp3) is 0.615. The maximum absolute atomic E-state index is 12.3. The largest absolute Gasteiger partial charge is 0.457 e. The van der Waals surface area contributed by atoms with Crippen LogP contribution in [0.25, 0.3) is 0 Å². The number of aromatic amines is 3. The zero-order chi connectivity index (χ0) is 92.2. The number of aromatic nitrogens is 8. The smallest absolute Gasteiger partial charge is 0.332 e. The van der Waals surface area contributed by atoms with Crippen molar-refractivity contribution in [3.63, 3.8) is 0 Å². The lowest BCUT2D eigenvalue weighted by atomic mass is 10.1. The molecule has 0 aromatic carbocycles. The number of nitrogens with one attached hydrogen (secondary N) is 4. The Morgan fingerprint density at radius 3 is 1.21 bits per heavy atom. The first-order valence-electron chi connectivity index (χ1n) is 38.9. The molecule has 122 heavy (non-hydrogen) atoms. The fourth-order valence-electron chi connectivity index (χ4n) is 13.4. The number of ketones is 3. The summed E-state index contributed by atoms with van der Waals surface area (Å²) in [6, 6.07) is 2.66. The predicted octanol–water partition coefficient (Wildman–Crippen LogP) is -0.0449. The van der Waals surface area contributed by atoms with Crippen molar-refractivity contribution in [1.29, 1.82) is 0 Å². The van der Waals surface area contributed by atoms with Crippen molar-refractivity contribution in [2.45, 2.75) is 182 Å². The molecule has 4 aromatic rings. The number of nitrogens with zero attached hydrogens (tertiary/aromatic N) is 6. The Morgan fingerprint density at radius 1 is 0.492 bits per heavy atom. The van der Waals surface area contributed by atoms with Crippen LogP contribution in [0.1, 0.15) is 105 Å². The molecule has 38 nitrogen and oxygen atoms in total. The molecular weight excluding hydrogens is 1710 g/mol. The molecule has 0 aliphatic carbocycles. The second-order valence-corrected chi connectivity index (χ2v) is 56.3. The molecule has 10 heterocycles. The number of aliphatic hydroxyl groups excluding tert-OH is 8. The number of rotatable bonds is 28. The van der Waals surface area contributed by atoms with Gasteiger partial charge in [-0.1, -0.05) is 6.58 Å². The Bertz CT molecular complexity index is 5230. The van der Waals surface area contributed by atoms with Crippen LogP contribution in [-0.2, 0) is 59.3 Å². The van der Waals surface area contributed by atoms with E-state index >= 15 is 0 Å². The summed E-state index contributed by atoms with van der Waals surface area (Å²) < 4.78 is 50.2. The molecule has 0 spiro atoms. The van der Waals surface area contributed by atoms with Gasteiger partial charge in [-0.05, 0) is 156 Å². The third kappa shape index (κ3) is 28.9. The Labute approximate surface area is 711 Å². The molecule has 6 aliphatic rings. The highest BCUT2D eigenvalue weighted by Crippen LogP contribution is 2.45. The lowest BCUT2D eigenvalue weighted by molar-refractivity contribution is -0.139. The molecule has 6 aliphatic heterocycles. The summed E-state index contributed by atoms with van der Waals surface area (Å²) in [5.41, 5.74) is -5.15. The second-order valence-electron chi connectivity index (χ2n) is 34.4. The molecule has 5 saturated heterocycles. The van der Waals surface area contributed by atoms with E-state index in [0.717, 1.165) is 64.1 Å². The summed E-state index contributed by atoms with van der Waals surface area (Å²) in [6.07, 6.45) is 16.3. The summed E-state index contributed by atoms with van der Waals surface area (Å²) in [5, 5.41) is 85.1. The van der Waals surface area contributed by atoms with Gasteiger partial charge in [-0.3, -0.25) is 80.9 Å². The number of esters is 1. The monoisotopic (exact) mass is 1830 g/mol. The number of hydrogen-bond donors (Lipinski definition) is 12. The number of amides is 1. The van der Waals surface area contributed by atoms with Crippen LogP contribution in [0.2, 0.25) is 0 Å². The van der Waals surface area contributed by atoms with Gasteiger partial charge in [-0.2, -0.15) is 0 Å². The standard InChI is InChI=1S/C17H25N2O8P.C17H25N2O7P.C15H25N2O5P.C15H25N2O4P.C14H23N2O4PS/c1-9(20)26-8-11(21)10-7-19(17(25)18-15(10)24)16-14(23)13(22)12(27-16)5-6-28(2,3)4;1-9(20)7-11(21)10-8-19(17(25)18-15(10)24)16-14(23)13(22)12(26-16)5-6-27(2,3)4;1-16-11(18)6-8-17(15(16)20)14-13(21-2)12(19)10(22-14)7-9-23(3,4)5;1-9-8-17(10(2)16-14(9)20)15-13(19)12(18)11(21-15)6-7-22(3,4)5;1-19-12-11(18)9(6-8-21(2,3)4)20-13(12)16-7-5-10(17)15-14(16)22/h7,12-14,16,22-23H,2,5-6,8H2,1,3-4H3,(H,18,24,25);8,12-14,16,22-23H,2,5-7H2,1,3-4H3,(H,18,24,25);6,8,10,12-14,19H,3,7,9H2,1-2,4-5H3;8,11-13,15,18-19H,2-3,6-7H2,1,4-5H3,(H,16,20);5,7,9,11-13,18H,2,6,8H2,1,3-4H3,(H,15,17,22)/t2*12-,13-,14-,16?;10-,12-,13-,14?;11-,12-,13-,15?;9-,11-,12-,13?/m11111/s1. The minimum Gasteiger partial charge on any atom is -0.457 e. The van der Waals surface area contributed by atoms with E-state index in [9.17, 15) is 98.4 Å². The Morgan fingerprint density at radius 2 is 0.844 bits per heavy atom. The van der Waals surface area contributed by atoms with E-state index in [-0.39, 0.29) is 33.5 Å². The topological polar surface area (TPSA) is 528 Å². The normalized spacial score (nSPS) is 27.8. The van der Waals surface area contributed by atoms with Crippen LogP contribution < -0.4 is 44.6 Å². The average Bonchev–Trinajstić information content (AvgIpc) is 1.63. The molecule has 10 rings (SSSR count). The quantitative estimate of drug-likeness (QED) is 0.0117. The first-order chi connectivity index (χ1) is 56.3. The van der Waals surface area contributed by atoms with Crippen LogP contribution in [0.15, 0.2) is 94.7 Å². The van der Waals surface area contributed by atoms with Crippen LogP contribution in [0.5, 0.6) is 0 Å². The van der Waals surface area contributed by atoms with Crippen LogP contribution in [0.3, 0.4) is 0 Å². The third-order valence-corrected chi connectivity index (χ3v) is 28.0. The minimum atomic E-state index is -1.43. The Balaban J connectivity index is 0.000000237. The Hall–Kier alpha value is -6.73. The number of aliphatic hydroxyl groups is 8. The van der Waals surface area contributed by atoms with Crippen LogP contribution >= 0.6 is 46.6 Å².